The van der Waals surface area contributed by atoms with Crippen LogP contribution in [-0.4, -0.2) is 41.2 Å². The Bertz CT molecular complexity index is 951. The lowest BCUT2D eigenvalue weighted by molar-refractivity contribution is -0.136. The Hall–Kier alpha value is -2.39. The summed E-state index contributed by atoms with van der Waals surface area (Å²) in [7, 11) is 1.27. The summed E-state index contributed by atoms with van der Waals surface area (Å²) >= 11 is 7.39. The SMILES string of the molecule is COC(=O)c1c(NC(=O)C(=O)NCC[C@@H](C)n2nc(C)c(Cl)c2C)sc(C)c1C. The number of thiophene rings is 1. The number of nitrogens with zero attached hydrogens (tertiary/aromatic N) is 2. The third-order valence-electron chi connectivity index (χ3n) is 4.71. The fourth-order valence-corrected chi connectivity index (χ4v) is 4.06. The number of aryl methyl sites for hydroxylation is 2. The number of methoxy groups -OCH3 is 1. The van der Waals surface area contributed by atoms with Crippen molar-refractivity contribution in [3.63, 3.8) is 0 Å². The van der Waals surface area contributed by atoms with Gasteiger partial charge in [0.05, 0.1) is 35.1 Å². The Morgan fingerprint density at radius 2 is 1.86 bits per heavy atom. The van der Waals surface area contributed by atoms with Crippen LogP contribution < -0.4 is 10.6 Å². The van der Waals surface area contributed by atoms with E-state index in [1.54, 1.807) is 6.92 Å². The summed E-state index contributed by atoms with van der Waals surface area (Å²) in [5.41, 5.74) is 2.60. The van der Waals surface area contributed by atoms with Crippen LogP contribution in [0.3, 0.4) is 0 Å². The second kappa shape index (κ2) is 9.41. The highest BCUT2D eigenvalue weighted by Crippen LogP contribution is 2.32. The van der Waals surface area contributed by atoms with E-state index in [0.29, 0.717) is 16.4 Å². The first kappa shape index (κ1) is 22.9. The van der Waals surface area contributed by atoms with Crippen molar-refractivity contribution in [2.24, 2.45) is 0 Å². The number of aromatic nitrogens is 2. The van der Waals surface area contributed by atoms with E-state index in [-0.39, 0.29) is 18.2 Å². The van der Waals surface area contributed by atoms with Crippen molar-refractivity contribution in [1.82, 2.24) is 15.1 Å². The van der Waals surface area contributed by atoms with Gasteiger partial charge in [0.15, 0.2) is 0 Å². The number of rotatable bonds is 6. The van der Waals surface area contributed by atoms with Crippen LogP contribution in [0.2, 0.25) is 5.02 Å². The number of anilines is 1. The van der Waals surface area contributed by atoms with Crippen LogP contribution >= 0.6 is 22.9 Å². The first-order chi connectivity index (χ1) is 13.6. The minimum Gasteiger partial charge on any atom is -0.465 e. The lowest BCUT2D eigenvalue weighted by atomic mass is 10.1. The molecule has 2 N–H and O–H groups in total. The number of hydrogen-bond donors (Lipinski definition) is 2. The Morgan fingerprint density at radius 1 is 1.21 bits per heavy atom. The Morgan fingerprint density at radius 3 is 2.41 bits per heavy atom. The van der Waals surface area contributed by atoms with Gasteiger partial charge in [0, 0.05) is 11.4 Å². The van der Waals surface area contributed by atoms with Gasteiger partial charge in [-0.15, -0.1) is 11.3 Å². The first-order valence-corrected chi connectivity index (χ1v) is 10.3. The maximum atomic E-state index is 12.2. The number of halogens is 1. The molecule has 158 valence electrons. The van der Waals surface area contributed by atoms with Crippen LogP contribution in [0.15, 0.2) is 0 Å². The van der Waals surface area contributed by atoms with Gasteiger partial charge in [-0.25, -0.2) is 4.79 Å². The summed E-state index contributed by atoms with van der Waals surface area (Å²) in [5, 5.41) is 10.4. The van der Waals surface area contributed by atoms with Gasteiger partial charge < -0.3 is 15.4 Å². The Balaban J connectivity index is 1.95. The molecule has 0 fully saturated rings. The zero-order valence-corrected chi connectivity index (χ0v) is 18.9. The van der Waals surface area contributed by atoms with E-state index in [1.807, 2.05) is 32.4 Å². The average Bonchev–Trinajstić information content (AvgIpc) is 3.10. The van der Waals surface area contributed by atoms with E-state index in [4.69, 9.17) is 16.3 Å². The van der Waals surface area contributed by atoms with Crippen molar-refractivity contribution in [2.45, 2.75) is 47.1 Å². The van der Waals surface area contributed by atoms with Crippen molar-refractivity contribution >= 4 is 45.7 Å². The zero-order valence-electron chi connectivity index (χ0n) is 17.3. The van der Waals surface area contributed by atoms with Gasteiger partial charge in [-0.2, -0.15) is 5.10 Å². The largest absolute Gasteiger partial charge is 0.465 e. The molecule has 2 heterocycles. The highest BCUT2D eigenvalue weighted by molar-refractivity contribution is 7.17. The predicted octanol–water partition coefficient (Wildman–Crippen LogP) is 3.32. The van der Waals surface area contributed by atoms with Crippen molar-refractivity contribution in [2.75, 3.05) is 19.0 Å². The molecule has 0 saturated heterocycles. The molecule has 0 aliphatic rings. The Labute approximate surface area is 178 Å². The summed E-state index contributed by atoms with van der Waals surface area (Å²) in [6, 6.07) is -0.00177. The van der Waals surface area contributed by atoms with Gasteiger partial charge >= 0.3 is 17.8 Å². The topological polar surface area (TPSA) is 102 Å². The van der Waals surface area contributed by atoms with Gasteiger partial charge in [0.1, 0.15) is 5.00 Å². The molecule has 0 spiro atoms. The monoisotopic (exact) mass is 440 g/mol. The second-order valence-electron chi connectivity index (χ2n) is 6.76. The minimum absolute atomic E-state index is 0.00177. The average molecular weight is 441 g/mol. The minimum atomic E-state index is -0.835. The molecule has 0 radical (unpaired) electrons. The van der Waals surface area contributed by atoms with E-state index in [1.165, 1.54) is 18.4 Å². The quantitative estimate of drug-likeness (QED) is 0.529. The van der Waals surface area contributed by atoms with Crippen LogP contribution in [0.5, 0.6) is 0 Å². The molecular formula is C19H25ClN4O4S. The van der Waals surface area contributed by atoms with E-state index in [9.17, 15) is 14.4 Å². The summed E-state index contributed by atoms with van der Waals surface area (Å²) in [6.45, 7) is 9.56. The fraction of sp³-hybridized carbons (Fsp3) is 0.474. The smallest absolute Gasteiger partial charge is 0.341 e. The van der Waals surface area contributed by atoms with Crippen LogP contribution in [0, 0.1) is 27.7 Å². The van der Waals surface area contributed by atoms with Gasteiger partial charge in [-0.1, -0.05) is 11.6 Å². The maximum absolute atomic E-state index is 12.2. The summed E-state index contributed by atoms with van der Waals surface area (Å²) in [5.74, 6) is -2.17. The molecule has 0 aliphatic carbocycles. The van der Waals surface area contributed by atoms with Crippen LogP contribution in [0.25, 0.3) is 0 Å². The molecule has 2 amide bonds. The van der Waals surface area contributed by atoms with Crippen molar-refractivity contribution in [3.05, 3.63) is 32.4 Å². The standard InChI is InChI=1S/C19H25ClN4O4S/c1-9(24-12(4)15(20)11(3)23-24)7-8-21-16(25)17(26)22-18-14(19(27)28-6)10(2)13(5)29-18/h9H,7-8H2,1-6H3,(H,21,25)(H,22,26)/t9-/m1/s1. The third kappa shape index (κ3) is 4.97. The molecule has 10 heteroatoms. The van der Waals surface area contributed by atoms with Crippen molar-refractivity contribution in [1.29, 1.82) is 0 Å². The molecule has 0 aromatic carbocycles. The molecule has 1 atom stereocenters. The van der Waals surface area contributed by atoms with Gasteiger partial charge in [-0.3, -0.25) is 14.3 Å². The Kier molecular flexibility index (Phi) is 7.43. The predicted molar refractivity (Wildman–Crippen MR) is 113 cm³/mol. The van der Waals surface area contributed by atoms with Gasteiger partial charge in [-0.05, 0) is 46.6 Å². The fourth-order valence-electron chi connectivity index (χ4n) is 2.89. The van der Waals surface area contributed by atoms with E-state index in [2.05, 4.69) is 15.7 Å². The zero-order chi connectivity index (χ0) is 21.9. The third-order valence-corrected chi connectivity index (χ3v) is 6.38. The molecule has 8 nitrogen and oxygen atoms in total. The molecule has 0 unspecified atom stereocenters. The molecule has 0 aliphatic heterocycles. The lowest BCUT2D eigenvalue weighted by Crippen LogP contribution is -2.36. The highest BCUT2D eigenvalue weighted by atomic mass is 35.5. The van der Waals surface area contributed by atoms with Gasteiger partial charge in [0.25, 0.3) is 0 Å². The number of nitrogens with one attached hydrogen (secondary N) is 2. The number of carbonyl (C=O) groups is 3. The maximum Gasteiger partial charge on any atom is 0.341 e. The highest BCUT2D eigenvalue weighted by Gasteiger charge is 2.24. The number of esters is 1. The van der Waals surface area contributed by atoms with E-state index in [0.717, 1.165) is 21.8 Å². The van der Waals surface area contributed by atoms with E-state index < -0.39 is 17.8 Å². The summed E-state index contributed by atoms with van der Waals surface area (Å²) in [6.07, 6.45) is 0.571. The molecule has 29 heavy (non-hydrogen) atoms. The molecule has 0 saturated carbocycles. The lowest BCUT2D eigenvalue weighted by Gasteiger charge is -2.14. The molecular weight excluding hydrogens is 416 g/mol. The number of carbonyl (C=O) groups excluding carboxylic acids is 3. The molecule has 0 bridgehead atoms. The number of amides is 2. The van der Waals surface area contributed by atoms with Gasteiger partial charge in [0.2, 0.25) is 0 Å². The molecule has 2 rings (SSSR count). The van der Waals surface area contributed by atoms with Crippen LogP contribution in [-0.2, 0) is 14.3 Å². The van der Waals surface area contributed by atoms with E-state index >= 15 is 0 Å². The first-order valence-electron chi connectivity index (χ1n) is 9.07. The van der Waals surface area contributed by atoms with Crippen LogP contribution in [0.4, 0.5) is 5.00 Å². The number of hydrogen-bond acceptors (Lipinski definition) is 6. The van der Waals surface area contributed by atoms with Crippen molar-refractivity contribution in [3.8, 4) is 0 Å². The normalized spacial score (nSPS) is 11.8. The summed E-state index contributed by atoms with van der Waals surface area (Å²) < 4.78 is 6.57. The van der Waals surface area contributed by atoms with Crippen LogP contribution in [0.1, 0.15) is 51.6 Å². The molecule has 2 aromatic heterocycles. The summed E-state index contributed by atoms with van der Waals surface area (Å²) in [4.78, 5) is 37.2. The molecule has 2 aromatic rings. The number of ether oxygens (including phenoxy) is 1. The second-order valence-corrected chi connectivity index (χ2v) is 8.36. The van der Waals surface area contributed by atoms with Crippen molar-refractivity contribution < 1.29 is 19.1 Å².